The fraction of sp³-hybridized carbons (Fsp3) is 0.417. The highest BCUT2D eigenvalue weighted by atomic mass is 16.5. The van der Waals surface area contributed by atoms with Gasteiger partial charge < -0.3 is 10.1 Å². The summed E-state index contributed by atoms with van der Waals surface area (Å²) < 4.78 is 4.81. The lowest BCUT2D eigenvalue weighted by atomic mass is 10.2. The van der Waals surface area contributed by atoms with Gasteiger partial charge in [0.15, 0.2) is 0 Å². The molecular weight excluding hydrogens is 204 g/mol. The topological polar surface area (TPSA) is 41.6 Å². The molecule has 16 heavy (non-hydrogen) atoms. The Labute approximate surface area is 96.2 Å². The summed E-state index contributed by atoms with van der Waals surface area (Å²) >= 11 is 0. The summed E-state index contributed by atoms with van der Waals surface area (Å²) in [6.45, 7) is 4.79. The highest BCUT2D eigenvalue weighted by Crippen LogP contribution is 2.15. The van der Waals surface area contributed by atoms with Crippen LogP contribution in [0.15, 0.2) is 24.3 Å². The number of benzene rings is 1. The maximum Gasteiger partial charge on any atom is 0.323 e. The molecule has 0 unspecified atom stereocenters. The monoisotopic (exact) mass is 222 g/mol. The van der Waals surface area contributed by atoms with Gasteiger partial charge in [0.05, 0.1) is 0 Å². The molecule has 1 aromatic carbocycles. The third-order valence-electron chi connectivity index (χ3n) is 2.24. The van der Waals surface area contributed by atoms with E-state index in [1.165, 1.54) is 0 Å². The van der Waals surface area contributed by atoms with Crippen LogP contribution in [0, 0.1) is 6.92 Å². The Bertz CT molecular complexity index is 353. The molecular formula is C12H18N2O2. The van der Waals surface area contributed by atoms with Crippen molar-refractivity contribution in [1.82, 2.24) is 5.32 Å². The first-order chi connectivity index (χ1) is 7.69. The fourth-order valence-electron chi connectivity index (χ4n) is 1.47. The molecule has 4 heteroatoms. The first kappa shape index (κ1) is 12.5. The Morgan fingerprint density at radius 1 is 1.50 bits per heavy atom. The number of carbonyl (C=O) groups is 1. The number of ether oxygens (including phenoxy) is 1. The van der Waals surface area contributed by atoms with Crippen LogP contribution in [0.25, 0.3) is 0 Å². The fourth-order valence-corrected chi connectivity index (χ4v) is 1.47. The predicted molar refractivity (Wildman–Crippen MR) is 64.6 cm³/mol. The van der Waals surface area contributed by atoms with E-state index in [1.807, 2.05) is 38.1 Å². The SMILES string of the molecule is CCN(C(=O)NCOC)c1cccc(C)c1. The minimum atomic E-state index is -0.144. The Kier molecular flexibility index (Phi) is 4.79. The Hall–Kier alpha value is -1.55. The van der Waals surface area contributed by atoms with Gasteiger partial charge in [0.1, 0.15) is 6.73 Å². The van der Waals surface area contributed by atoms with Gasteiger partial charge in [-0.05, 0) is 31.5 Å². The number of rotatable bonds is 4. The van der Waals surface area contributed by atoms with Crippen LogP contribution in [0.2, 0.25) is 0 Å². The van der Waals surface area contributed by atoms with E-state index in [4.69, 9.17) is 4.74 Å². The van der Waals surface area contributed by atoms with Crippen LogP contribution in [0.3, 0.4) is 0 Å². The molecule has 1 aromatic rings. The number of amides is 2. The first-order valence-electron chi connectivity index (χ1n) is 5.30. The van der Waals surface area contributed by atoms with Gasteiger partial charge >= 0.3 is 6.03 Å². The number of hydrogen-bond donors (Lipinski definition) is 1. The average Bonchev–Trinajstić information content (AvgIpc) is 2.27. The van der Waals surface area contributed by atoms with Gasteiger partial charge in [0, 0.05) is 19.3 Å². The van der Waals surface area contributed by atoms with E-state index in [-0.39, 0.29) is 12.8 Å². The average molecular weight is 222 g/mol. The molecule has 0 aromatic heterocycles. The molecule has 0 aliphatic carbocycles. The van der Waals surface area contributed by atoms with Gasteiger partial charge in [0.25, 0.3) is 0 Å². The molecule has 0 fully saturated rings. The third kappa shape index (κ3) is 3.24. The van der Waals surface area contributed by atoms with E-state index in [1.54, 1.807) is 12.0 Å². The van der Waals surface area contributed by atoms with Gasteiger partial charge in [-0.25, -0.2) is 4.79 Å². The second-order valence-electron chi connectivity index (χ2n) is 3.50. The van der Waals surface area contributed by atoms with Crippen molar-refractivity contribution in [3.05, 3.63) is 29.8 Å². The molecule has 0 atom stereocenters. The van der Waals surface area contributed by atoms with E-state index < -0.39 is 0 Å². The van der Waals surface area contributed by atoms with Gasteiger partial charge in [-0.2, -0.15) is 0 Å². The summed E-state index contributed by atoms with van der Waals surface area (Å²) in [5.41, 5.74) is 2.03. The molecule has 0 saturated carbocycles. The van der Waals surface area contributed by atoms with Crippen molar-refractivity contribution in [3.8, 4) is 0 Å². The molecule has 0 spiro atoms. The summed E-state index contributed by atoms with van der Waals surface area (Å²) in [6, 6.07) is 7.70. The number of nitrogens with one attached hydrogen (secondary N) is 1. The summed E-state index contributed by atoms with van der Waals surface area (Å²) in [5, 5.41) is 2.67. The van der Waals surface area contributed by atoms with Gasteiger partial charge in [-0.1, -0.05) is 12.1 Å². The maximum atomic E-state index is 11.8. The molecule has 0 saturated heterocycles. The quantitative estimate of drug-likeness (QED) is 0.793. The van der Waals surface area contributed by atoms with E-state index in [0.717, 1.165) is 11.3 Å². The van der Waals surface area contributed by atoms with Crippen molar-refractivity contribution in [3.63, 3.8) is 0 Å². The lowest BCUT2D eigenvalue weighted by molar-refractivity contribution is 0.175. The van der Waals surface area contributed by atoms with Crippen molar-refractivity contribution in [1.29, 1.82) is 0 Å². The summed E-state index contributed by atoms with van der Waals surface area (Å²) in [5.74, 6) is 0. The minimum Gasteiger partial charge on any atom is -0.364 e. The van der Waals surface area contributed by atoms with Crippen molar-refractivity contribution in [2.24, 2.45) is 0 Å². The normalized spacial score (nSPS) is 9.94. The zero-order valence-electron chi connectivity index (χ0n) is 9.99. The molecule has 0 aliphatic heterocycles. The van der Waals surface area contributed by atoms with E-state index in [9.17, 15) is 4.79 Å². The van der Waals surface area contributed by atoms with E-state index in [2.05, 4.69) is 5.32 Å². The molecule has 1 N–H and O–H groups in total. The molecule has 1 rings (SSSR count). The van der Waals surface area contributed by atoms with Crippen molar-refractivity contribution in [2.45, 2.75) is 13.8 Å². The van der Waals surface area contributed by atoms with Gasteiger partial charge in [-0.3, -0.25) is 4.90 Å². The molecule has 0 heterocycles. The van der Waals surface area contributed by atoms with E-state index >= 15 is 0 Å². The van der Waals surface area contributed by atoms with Gasteiger partial charge in [0.2, 0.25) is 0 Å². The van der Waals surface area contributed by atoms with Crippen LogP contribution in [-0.2, 0) is 4.74 Å². The lowest BCUT2D eigenvalue weighted by Crippen LogP contribution is -2.40. The molecule has 4 nitrogen and oxygen atoms in total. The summed E-state index contributed by atoms with van der Waals surface area (Å²) in [4.78, 5) is 13.5. The number of methoxy groups -OCH3 is 1. The van der Waals surface area contributed by atoms with Crippen molar-refractivity contribution < 1.29 is 9.53 Å². The number of carbonyl (C=O) groups excluding carboxylic acids is 1. The standard InChI is InChI=1S/C12H18N2O2/c1-4-14(12(15)13-9-16-3)11-7-5-6-10(2)8-11/h5-8H,4,9H2,1-3H3,(H,13,15). The number of nitrogens with zero attached hydrogens (tertiary/aromatic N) is 1. The Morgan fingerprint density at radius 3 is 2.81 bits per heavy atom. The number of aryl methyl sites for hydroxylation is 1. The lowest BCUT2D eigenvalue weighted by Gasteiger charge is -2.21. The molecule has 0 radical (unpaired) electrons. The molecule has 0 aliphatic rings. The first-order valence-corrected chi connectivity index (χ1v) is 5.30. The van der Waals surface area contributed by atoms with Crippen molar-refractivity contribution >= 4 is 11.7 Å². The second-order valence-corrected chi connectivity index (χ2v) is 3.50. The van der Waals surface area contributed by atoms with Gasteiger partial charge in [-0.15, -0.1) is 0 Å². The maximum absolute atomic E-state index is 11.8. The van der Waals surface area contributed by atoms with E-state index in [0.29, 0.717) is 6.54 Å². The Balaban J connectivity index is 2.77. The number of anilines is 1. The number of hydrogen-bond acceptors (Lipinski definition) is 2. The third-order valence-corrected chi connectivity index (χ3v) is 2.24. The van der Waals surface area contributed by atoms with Crippen LogP contribution < -0.4 is 10.2 Å². The smallest absolute Gasteiger partial charge is 0.323 e. The predicted octanol–water partition coefficient (Wildman–Crippen LogP) is 2.13. The number of urea groups is 1. The molecule has 88 valence electrons. The highest BCUT2D eigenvalue weighted by Gasteiger charge is 2.12. The zero-order valence-corrected chi connectivity index (χ0v) is 9.99. The second kappa shape index (κ2) is 6.12. The highest BCUT2D eigenvalue weighted by molar-refractivity contribution is 5.91. The summed E-state index contributed by atoms with van der Waals surface area (Å²) in [6.07, 6.45) is 0. The summed E-state index contributed by atoms with van der Waals surface area (Å²) in [7, 11) is 1.54. The van der Waals surface area contributed by atoms with Crippen LogP contribution in [-0.4, -0.2) is 26.4 Å². The van der Waals surface area contributed by atoms with Crippen LogP contribution in [0.4, 0.5) is 10.5 Å². The zero-order chi connectivity index (χ0) is 12.0. The molecule has 0 bridgehead atoms. The largest absolute Gasteiger partial charge is 0.364 e. The van der Waals surface area contributed by atoms with Crippen LogP contribution >= 0.6 is 0 Å². The van der Waals surface area contributed by atoms with Crippen LogP contribution in [0.5, 0.6) is 0 Å². The molecule has 2 amide bonds. The minimum absolute atomic E-state index is 0.144. The van der Waals surface area contributed by atoms with Crippen LogP contribution in [0.1, 0.15) is 12.5 Å². The van der Waals surface area contributed by atoms with Crippen molar-refractivity contribution in [2.75, 3.05) is 25.3 Å². The Morgan fingerprint density at radius 2 is 2.25 bits per heavy atom.